The van der Waals surface area contributed by atoms with Crippen molar-refractivity contribution in [2.24, 2.45) is 0 Å². The molecule has 2 amide bonds. The van der Waals surface area contributed by atoms with Crippen LogP contribution in [0, 0.1) is 11.3 Å². The number of aromatic nitrogens is 2. The second kappa shape index (κ2) is 7.74. The van der Waals surface area contributed by atoms with Gasteiger partial charge in [-0.3, -0.25) is 4.90 Å². The summed E-state index contributed by atoms with van der Waals surface area (Å²) >= 11 is 0. The number of amides is 2. The van der Waals surface area contributed by atoms with Gasteiger partial charge >= 0.3 is 12.2 Å². The molecule has 0 radical (unpaired) electrons. The molecule has 0 saturated carbocycles. The van der Waals surface area contributed by atoms with E-state index in [1.807, 2.05) is 6.07 Å². The number of carbonyl (C=O) groups is 1. The minimum Gasteiger partial charge on any atom is -0.338 e. The zero-order chi connectivity index (χ0) is 23.1. The highest BCUT2D eigenvalue weighted by Gasteiger charge is 2.63. The fourth-order valence-electron chi connectivity index (χ4n) is 4.12. The summed E-state index contributed by atoms with van der Waals surface area (Å²) in [5.74, 6) is -0.688. The Labute approximate surface area is 180 Å². The van der Waals surface area contributed by atoms with E-state index in [2.05, 4.69) is 15.5 Å². The Bertz CT molecular complexity index is 1040. The molecule has 1 aromatic heterocycles. The normalized spacial score (nSPS) is 22.9. The summed E-state index contributed by atoms with van der Waals surface area (Å²) in [7, 11) is 1.73. The van der Waals surface area contributed by atoms with E-state index in [1.54, 1.807) is 11.9 Å². The van der Waals surface area contributed by atoms with E-state index < -0.39 is 42.1 Å². The molecular weight excluding hydrogens is 432 g/mol. The lowest BCUT2D eigenvalue weighted by atomic mass is 9.86. The Morgan fingerprint density at radius 1 is 1.28 bits per heavy atom. The standard InChI is InChI=1S/C20H20F4N6O2/c1-29-10-18(21,11-29)9-26-17(31)30-7-6-19(12-30,20(22,23)24)16-27-15(28-32-16)14-4-2-13(8-25)3-5-14/h2-5H,6-7,9-12H2,1H3,(H,26,31). The number of nitrogens with zero attached hydrogens (tertiary/aromatic N) is 5. The van der Waals surface area contributed by atoms with Crippen LogP contribution in [0.15, 0.2) is 28.8 Å². The minimum atomic E-state index is -4.76. The maximum Gasteiger partial charge on any atom is 0.405 e. The maximum atomic E-state index is 14.3. The Morgan fingerprint density at radius 3 is 2.56 bits per heavy atom. The zero-order valence-corrected chi connectivity index (χ0v) is 17.1. The van der Waals surface area contributed by atoms with Crippen LogP contribution in [0.1, 0.15) is 17.9 Å². The van der Waals surface area contributed by atoms with Gasteiger partial charge in [0.05, 0.1) is 18.2 Å². The third-order valence-electron chi connectivity index (χ3n) is 5.87. The van der Waals surface area contributed by atoms with Gasteiger partial charge in [0, 0.05) is 31.7 Å². The van der Waals surface area contributed by atoms with Gasteiger partial charge in [0.2, 0.25) is 11.7 Å². The highest BCUT2D eigenvalue weighted by atomic mass is 19.4. The summed E-state index contributed by atoms with van der Waals surface area (Å²) in [6.07, 6.45) is -5.21. The van der Waals surface area contributed by atoms with Crippen LogP contribution in [0.3, 0.4) is 0 Å². The number of hydrogen-bond acceptors (Lipinski definition) is 6. The van der Waals surface area contributed by atoms with Crippen molar-refractivity contribution in [1.29, 1.82) is 5.26 Å². The number of nitrogens with one attached hydrogen (secondary N) is 1. The molecule has 8 nitrogen and oxygen atoms in total. The second-order valence-corrected chi connectivity index (χ2v) is 8.35. The number of benzene rings is 1. The molecule has 2 saturated heterocycles. The van der Waals surface area contributed by atoms with Crippen molar-refractivity contribution in [3.8, 4) is 17.5 Å². The topological polar surface area (TPSA) is 98.3 Å². The van der Waals surface area contributed by atoms with E-state index in [1.165, 1.54) is 24.3 Å². The number of urea groups is 1. The summed E-state index contributed by atoms with van der Waals surface area (Å²) < 4.78 is 61.7. The van der Waals surface area contributed by atoms with Crippen molar-refractivity contribution >= 4 is 6.03 Å². The summed E-state index contributed by atoms with van der Waals surface area (Å²) in [5.41, 5.74) is -3.33. The van der Waals surface area contributed by atoms with Gasteiger partial charge < -0.3 is 14.7 Å². The first-order valence-electron chi connectivity index (χ1n) is 9.87. The zero-order valence-electron chi connectivity index (χ0n) is 17.1. The average molecular weight is 452 g/mol. The first-order valence-corrected chi connectivity index (χ1v) is 9.87. The molecule has 12 heteroatoms. The van der Waals surface area contributed by atoms with Crippen LogP contribution >= 0.6 is 0 Å². The first kappa shape index (κ1) is 22.0. The van der Waals surface area contributed by atoms with Crippen molar-refractivity contribution in [2.45, 2.75) is 23.7 Å². The van der Waals surface area contributed by atoms with Gasteiger partial charge in [-0.2, -0.15) is 23.4 Å². The molecule has 1 aromatic carbocycles. The third-order valence-corrected chi connectivity index (χ3v) is 5.87. The lowest BCUT2D eigenvalue weighted by Gasteiger charge is -2.42. The number of likely N-dealkylation sites (tertiary alicyclic amines) is 2. The summed E-state index contributed by atoms with van der Waals surface area (Å²) in [6, 6.07) is 7.17. The molecule has 1 unspecified atom stereocenters. The number of hydrogen-bond donors (Lipinski definition) is 1. The quantitative estimate of drug-likeness (QED) is 0.716. The summed E-state index contributed by atoms with van der Waals surface area (Å²) in [4.78, 5) is 19.1. The Hall–Kier alpha value is -3.20. The highest BCUT2D eigenvalue weighted by molar-refractivity contribution is 5.75. The molecule has 0 spiro atoms. The van der Waals surface area contributed by atoms with Crippen LogP contribution in [0.5, 0.6) is 0 Å². The number of rotatable bonds is 4. The van der Waals surface area contributed by atoms with Gasteiger partial charge in [-0.05, 0) is 37.7 Å². The van der Waals surface area contributed by atoms with Gasteiger partial charge in [-0.15, -0.1) is 0 Å². The smallest absolute Gasteiger partial charge is 0.338 e. The predicted octanol–water partition coefficient (Wildman–Crippen LogP) is 2.48. The fourth-order valence-corrected chi connectivity index (χ4v) is 4.12. The molecule has 2 fully saturated rings. The number of carbonyl (C=O) groups excluding carboxylic acids is 1. The van der Waals surface area contributed by atoms with Crippen molar-refractivity contribution in [2.75, 3.05) is 39.8 Å². The van der Waals surface area contributed by atoms with Crippen molar-refractivity contribution in [1.82, 2.24) is 25.3 Å². The Kier molecular flexibility index (Phi) is 5.32. The molecule has 2 aliphatic rings. The molecule has 2 aromatic rings. The number of alkyl halides is 4. The van der Waals surface area contributed by atoms with Crippen LogP contribution in [0.25, 0.3) is 11.4 Å². The van der Waals surface area contributed by atoms with Gasteiger partial charge in [0.1, 0.15) is 0 Å². The largest absolute Gasteiger partial charge is 0.405 e. The van der Waals surface area contributed by atoms with Gasteiger partial charge in [-0.1, -0.05) is 5.16 Å². The van der Waals surface area contributed by atoms with Crippen LogP contribution in [0.4, 0.5) is 22.4 Å². The highest BCUT2D eigenvalue weighted by Crippen LogP contribution is 2.47. The molecule has 170 valence electrons. The van der Waals surface area contributed by atoms with Crippen LogP contribution in [0.2, 0.25) is 0 Å². The van der Waals surface area contributed by atoms with Crippen molar-refractivity contribution in [3.63, 3.8) is 0 Å². The van der Waals surface area contributed by atoms with E-state index in [-0.39, 0.29) is 32.0 Å². The lowest BCUT2D eigenvalue weighted by molar-refractivity contribution is -0.193. The molecular formula is C20H20F4N6O2. The number of nitriles is 1. The van der Waals surface area contributed by atoms with Crippen LogP contribution in [-0.4, -0.2) is 77.6 Å². The van der Waals surface area contributed by atoms with E-state index >= 15 is 0 Å². The molecule has 1 N–H and O–H groups in total. The molecule has 32 heavy (non-hydrogen) atoms. The van der Waals surface area contributed by atoms with Crippen molar-refractivity contribution < 1.29 is 26.9 Å². The second-order valence-electron chi connectivity index (χ2n) is 8.35. The van der Waals surface area contributed by atoms with Gasteiger partial charge in [-0.25, -0.2) is 9.18 Å². The first-order chi connectivity index (χ1) is 15.1. The van der Waals surface area contributed by atoms with E-state index in [9.17, 15) is 22.4 Å². The number of halogens is 4. The summed E-state index contributed by atoms with van der Waals surface area (Å²) in [5, 5.41) is 14.9. The predicted molar refractivity (Wildman–Crippen MR) is 103 cm³/mol. The fraction of sp³-hybridized carbons (Fsp3) is 0.500. The molecule has 0 bridgehead atoms. The van der Waals surface area contributed by atoms with E-state index in [0.29, 0.717) is 11.1 Å². The minimum absolute atomic E-state index is 0.0514. The van der Waals surface area contributed by atoms with E-state index in [0.717, 1.165) is 4.90 Å². The SMILES string of the molecule is CN1CC(F)(CNC(=O)N2CCC(c3nc(-c4ccc(C#N)cc4)no3)(C(F)(F)F)C2)C1. The van der Waals surface area contributed by atoms with Crippen LogP contribution in [-0.2, 0) is 5.41 Å². The molecule has 2 aliphatic heterocycles. The molecule has 4 rings (SSSR count). The van der Waals surface area contributed by atoms with Crippen LogP contribution < -0.4 is 5.32 Å². The van der Waals surface area contributed by atoms with Gasteiger partial charge in [0.15, 0.2) is 11.1 Å². The molecule has 1 atom stereocenters. The lowest BCUT2D eigenvalue weighted by Crippen LogP contribution is -2.62. The summed E-state index contributed by atoms with van der Waals surface area (Å²) in [6.45, 7) is -0.871. The Balaban J connectivity index is 1.51. The molecule has 3 heterocycles. The Morgan fingerprint density at radius 2 is 1.97 bits per heavy atom. The maximum absolute atomic E-state index is 14.3. The molecule has 0 aliphatic carbocycles. The monoisotopic (exact) mass is 452 g/mol. The van der Waals surface area contributed by atoms with Gasteiger partial charge in [0.25, 0.3) is 0 Å². The van der Waals surface area contributed by atoms with Crippen molar-refractivity contribution in [3.05, 3.63) is 35.7 Å². The average Bonchev–Trinajstić information content (AvgIpc) is 3.39. The third kappa shape index (κ3) is 3.88. The van der Waals surface area contributed by atoms with E-state index in [4.69, 9.17) is 9.78 Å².